The Hall–Kier alpha value is -1.24. The van der Waals surface area contributed by atoms with Crippen LogP contribution in [0, 0.1) is 17.7 Å². The van der Waals surface area contributed by atoms with Crippen LogP contribution in [0.3, 0.4) is 0 Å². The number of hydrogen-bond acceptors (Lipinski definition) is 2. The van der Waals surface area contributed by atoms with Crippen molar-refractivity contribution in [1.29, 1.82) is 0 Å². The smallest absolute Gasteiger partial charge is 0.261 e. The van der Waals surface area contributed by atoms with Crippen LogP contribution in [0.15, 0.2) is 41.3 Å². The monoisotopic (exact) mass is 484 g/mol. The molecule has 7 heteroatoms. The van der Waals surface area contributed by atoms with Crippen molar-refractivity contribution in [3.05, 3.63) is 59.7 Å². The number of benzene rings is 2. The van der Waals surface area contributed by atoms with Crippen molar-refractivity contribution in [2.75, 3.05) is 4.72 Å². The van der Waals surface area contributed by atoms with E-state index in [2.05, 4.69) is 11.6 Å². The number of anilines is 1. The third-order valence-electron chi connectivity index (χ3n) is 5.16. The van der Waals surface area contributed by atoms with Gasteiger partial charge < -0.3 is 0 Å². The Bertz CT molecular complexity index is 874. The van der Waals surface area contributed by atoms with Gasteiger partial charge in [-0.25, -0.2) is 17.2 Å². The summed E-state index contributed by atoms with van der Waals surface area (Å²) in [7, 11) is -3.94. The van der Waals surface area contributed by atoms with Gasteiger partial charge in [0.1, 0.15) is 5.82 Å². The Morgan fingerprint density at radius 3 is 1.90 bits per heavy atom. The normalized spacial score (nSPS) is 11.2. The van der Waals surface area contributed by atoms with E-state index in [4.69, 9.17) is 0 Å². The largest absolute Gasteiger partial charge is 0.277 e. The van der Waals surface area contributed by atoms with Crippen LogP contribution in [-0.2, 0) is 38.2 Å². The van der Waals surface area contributed by atoms with E-state index in [0.717, 1.165) is 30.5 Å². The van der Waals surface area contributed by atoms with Gasteiger partial charge in [-0.2, -0.15) is 0 Å². The van der Waals surface area contributed by atoms with Gasteiger partial charge in [0.05, 0.1) is 16.6 Å². The molecule has 169 valence electrons. The summed E-state index contributed by atoms with van der Waals surface area (Å²) in [6, 6.07) is 10.4. The van der Waals surface area contributed by atoms with Gasteiger partial charge in [-0.1, -0.05) is 76.8 Å². The van der Waals surface area contributed by atoms with E-state index in [0.29, 0.717) is 0 Å². The number of unbranched alkanes of at least 4 members (excludes halogenated alkanes) is 9. The van der Waals surface area contributed by atoms with Crippen LogP contribution in [0.2, 0.25) is 0 Å². The van der Waals surface area contributed by atoms with Crippen LogP contribution in [0.25, 0.3) is 0 Å². The molecule has 0 amide bonds. The second-order valence-electron chi connectivity index (χ2n) is 7.72. The number of sulfonamides is 1. The molecule has 0 spiro atoms. The Morgan fingerprint density at radius 2 is 1.35 bits per heavy atom. The molecule has 1 N–H and O–H groups in total. The van der Waals surface area contributed by atoms with Crippen molar-refractivity contribution < 1.29 is 38.9 Å². The Kier molecular flexibility index (Phi) is 13.2. The molecule has 1 radical (unpaired) electrons. The van der Waals surface area contributed by atoms with Crippen molar-refractivity contribution >= 4 is 15.7 Å². The molecule has 0 fully saturated rings. The predicted molar refractivity (Wildman–Crippen MR) is 118 cm³/mol. The Labute approximate surface area is 201 Å². The van der Waals surface area contributed by atoms with E-state index in [1.54, 1.807) is 12.1 Å². The van der Waals surface area contributed by atoms with Crippen LogP contribution in [0.4, 0.5) is 14.5 Å². The summed E-state index contributed by atoms with van der Waals surface area (Å²) in [6.45, 7) is 2.23. The van der Waals surface area contributed by atoms with Crippen LogP contribution >= 0.6 is 0 Å². The fourth-order valence-electron chi connectivity index (χ4n) is 3.38. The third kappa shape index (κ3) is 10.3. The van der Waals surface area contributed by atoms with Gasteiger partial charge in [0.2, 0.25) is 0 Å². The molecule has 0 saturated heterocycles. The minimum atomic E-state index is -3.94. The van der Waals surface area contributed by atoms with Gasteiger partial charge in [0, 0.05) is 21.7 Å². The van der Waals surface area contributed by atoms with Gasteiger partial charge in [-0.15, -0.1) is 0 Å². The molecule has 3 nitrogen and oxygen atoms in total. The molecule has 2 aromatic rings. The van der Waals surface area contributed by atoms with E-state index < -0.39 is 21.7 Å². The van der Waals surface area contributed by atoms with Gasteiger partial charge in [0.25, 0.3) is 10.0 Å². The summed E-state index contributed by atoms with van der Waals surface area (Å²) in [5, 5.41) is 0. The fourth-order valence-corrected chi connectivity index (χ4v) is 4.44. The predicted octanol–water partition coefficient (Wildman–Crippen LogP) is 7.03. The fraction of sp³-hybridized carbons (Fsp3) is 0.500. The molecule has 0 saturated carbocycles. The molecule has 0 heterocycles. The SMILES string of the molecule is CCCCCCCCCCCCc1ccc(S(=O)(=O)Nc2ccc(F)[c]c2F)cc1.[Ti]. The number of halogens is 2. The molecule has 0 atom stereocenters. The quantitative estimate of drug-likeness (QED) is 0.231. The van der Waals surface area contributed by atoms with Crippen molar-refractivity contribution in [2.45, 2.75) is 82.4 Å². The molecular formula is C24H32F2NO2STi. The molecule has 0 bridgehead atoms. The number of aryl methyl sites for hydroxylation is 1. The van der Waals surface area contributed by atoms with Crippen LogP contribution in [-0.4, -0.2) is 8.42 Å². The van der Waals surface area contributed by atoms with E-state index in [1.165, 1.54) is 69.9 Å². The Balaban J connectivity index is 0.00000480. The van der Waals surface area contributed by atoms with Crippen molar-refractivity contribution in [3.8, 4) is 0 Å². The van der Waals surface area contributed by atoms with Crippen LogP contribution < -0.4 is 4.72 Å². The molecule has 2 rings (SSSR count). The van der Waals surface area contributed by atoms with Gasteiger partial charge in [-0.05, 0) is 42.7 Å². The summed E-state index contributed by atoms with van der Waals surface area (Å²) < 4.78 is 53.5. The van der Waals surface area contributed by atoms with Crippen molar-refractivity contribution in [3.63, 3.8) is 0 Å². The summed E-state index contributed by atoms with van der Waals surface area (Å²) in [4.78, 5) is 0.0399. The summed E-state index contributed by atoms with van der Waals surface area (Å²) in [5.74, 6) is -1.96. The Morgan fingerprint density at radius 1 is 0.806 bits per heavy atom. The molecule has 31 heavy (non-hydrogen) atoms. The average molecular weight is 484 g/mol. The molecule has 0 aromatic heterocycles. The van der Waals surface area contributed by atoms with E-state index in [-0.39, 0.29) is 32.3 Å². The summed E-state index contributed by atoms with van der Waals surface area (Å²) in [5.41, 5.74) is 0.751. The summed E-state index contributed by atoms with van der Waals surface area (Å²) >= 11 is 0. The molecule has 0 aliphatic rings. The topological polar surface area (TPSA) is 46.2 Å². The number of rotatable bonds is 14. The standard InChI is InChI=1S/C24H32F2NO2S.Ti/c1-2-3-4-5-6-7-8-9-10-11-12-20-13-16-22(17-14-20)30(28,29)27-24-18-15-21(25)19-23(24)26;/h13-18,27H,2-12H2,1H3;. The van der Waals surface area contributed by atoms with Gasteiger partial charge >= 0.3 is 0 Å². The maximum Gasteiger partial charge on any atom is 0.261 e. The molecule has 0 unspecified atom stereocenters. The first kappa shape index (κ1) is 27.8. The second kappa shape index (κ2) is 14.8. The first-order valence-corrected chi connectivity index (χ1v) is 12.4. The zero-order valence-corrected chi connectivity index (χ0v) is 20.6. The minimum Gasteiger partial charge on any atom is -0.277 e. The van der Waals surface area contributed by atoms with Gasteiger partial charge in [-0.3, -0.25) is 4.72 Å². The van der Waals surface area contributed by atoms with Gasteiger partial charge in [0.15, 0.2) is 5.82 Å². The first-order valence-electron chi connectivity index (χ1n) is 10.9. The van der Waals surface area contributed by atoms with Crippen molar-refractivity contribution in [2.24, 2.45) is 0 Å². The molecular weight excluding hydrogens is 452 g/mol. The summed E-state index contributed by atoms with van der Waals surface area (Å²) in [6.07, 6.45) is 13.7. The minimum absolute atomic E-state index is 0. The average Bonchev–Trinajstić information content (AvgIpc) is 2.72. The second-order valence-corrected chi connectivity index (χ2v) is 9.40. The zero-order valence-electron chi connectivity index (χ0n) is 18.2. The van der Waals surface area contributed by atoms with Crippen LogP contribution in [0.5, 0.6) is 0 Å². The molecule has 2 aromatic carbocycles. The maximum absolute atomic E-state index is 13.7. The molecule has 0 aliphatic heterocycles. The van der Waals surface area contributed by atoms with E-state index >= 15 is 0 Å². The number of hydrogen-bond donors (Lipinski definition) is 1. The first-order chi connectivity index (χ1) is 14.4. The van der Waals surface area contributed by atoms with E-state index in [1.807, 2.05) is 6.07 Å². The number of nitrogens with one attached hydrogen (secondary N) is 1. The van der Waals surface area contributed by atoms with E-state index in [9.17, 15) is 17.2 Å². The molecule has 0 aliphatic carbocycles. The zero-order chi connectivity index (χ0) is 21.8. The third-order valence-corrected chi connectivity index (χ3v) is 6.54. The van der Waals surface area contributed by atoms with Crippen LogP contribution in [0.1, 0.15) is 76.7 Å². The van der Waals surface area contributed by atoms with Crippen molar-refractivity contribution in [1.82, 2.24) is 0 Å². The maximum atomic E-state index is 13.7.